The average molecular weight is 409 g/mol. The van der Waals surface area contributed by atoms with Crippen LogP contribution in [0.4, 0.5) is 0 Å². The van der Waals surface area contributed by atoms with Gasteiger partial charge in [-0.25, -0.2) is 0 Å². The van der Waals surface area contributed by atoms with Crippen molar-refractivity contribution >= 4 is 83.7 Å². The van der Waals surface area contributed by atoms with Gasteiger partial charge in [0.2, 0.25) is 10.1 Å². The quantitative estimate of drug-likeness (QED) is 0.299. The Balaban J connectivity index is -0.000000720. The number of alkyl halides is 3. The number of quaternary nitrogens is 1. The summed E-state index contributed by atoms with van der Waals surface area (Å²) in [7, 11) is 6.02. The van der Waals surface area contributed by atoms with E-state index in [4.69, 9.17) is 44.6 Å². The molecule has 0 amide bonds. The first-order valence-corrected chi connectivity index (χ1v) is 4.93. The molecule has 4 nitrogen and oxygen atoms in total. The second kappa shape index (κ2) is 9.24. The molecule has 15 heavy (non-hydrogen) atoms. The predicted octanol–water partition coefficient (Wildman–Crippen LogP) is -0.343. The number of ether oxygens (including phenoxy) is 1. The second-order valence-electron chi connectivity index (χ2n) is 3.78. The molecule has 0 rings (SSSR count). The SMILES string of the molecule is C[N+](C)(C)CCOC(O)C(Cl)(Cl)Cl.O.[BaH2]. The summed E-state index contributed by atoms with van der Waals surface area (Å²) in [5, 5.41) is 9.16. The number of halogens is 3. The summed E-state index contributed by atoms with van der Waals surface area (Å²) in [4.78, 5) is 0. The zero-order valence-corrected chi connectivity index (χ0v) is 10.7. The molecule has 0 aliphatic heterocycles. The van der Waals surface area contributed by atoms with Gasteiger partial charge >= 0.3 is 48.9 Å². The molecule has 0 aromatic heterocycles. The molecule has 92 valence electrons. The molecular formula is C7H19BaCl3NO3+. The van der Waals surface area contributed by atoms with Gasteiger partial charge in [-0.15, -0.1) is 0 Å². The average Bonchev–Trinajstić information content (AvgIpc) is 1.82. The van der Waals surface area contributed by atoms with Crippen molar-refractivity contribution in [1.29, 1.82) is 0 Å². The number of rotatable bonds is 4. The number of hydrogen-bond donors (Lipinski definition) is 1. The third-order valence-corrected chi connectivity index (χ3v) is 1.88. The van der Waals surface area contributed by atoms with Crippen molar-refractivity contribution < 1.29 is 19.8 Å². The van der Waals surface area contributed by atoms with Crippen molar-refractivity contribution in [3.8, 4) is 0 Å². The monoisotopic (exact) mass is 408 g/mol. The first kappa shape index (κ1) is 22.5. The van der Waals surface area contributed by atoms with Gasteiger partial charge in [0.25, 0.3) is 0 Å². The zero-order chi connectivity index (χ0) is 10.7. The first-order chi connectivity index (χ1) is 5.63. The molecule has 0 spiro atoms. The van der Waals surface area contributed by atoms with Crippen molar-refractivity contribution in [2.75, 3.05) is 34.3 Å². The summed E-state index contributed by atoms with van der Waals surface area (Å²) in [5.74, 6) is 0. The van der Waals surface area contributed by atoms with Crippen LogP contribution in [0.25, 0.3) is 0 Å². The number of likely N-dealkylation sites (N-methyl/N-ethyl adjacent to an activating group) is 1. The van der Waals surface area contributed by atoms with Crippen LogP contribution in [0.3, 0.4) is 0 Å². The van der Waals surface area contributed by atoms with Crippen LogP contribution in [0, 0.1) is 0 Å². The molecule has 1 atom stereocenters. The minimum atomic E-state index is -1.77. The summed E-state index contributed by atoms with van der Waals surface area (Å²) >= 11 is 16.2. The van der Waals surface area contributed by atoms with Crippen LogP contribution in [0.2, 0.25) is 0 Å². The normalized spacial score (nSPS) is 13.8. The molecule has 0 aliphatic rings. The molecule has 0 bridgehead atoms. The fraction of sp³-hybridized carbons (Fsp3) is 1.00. The van der Waals surface area contributed by atoms with Crippen LogP contribution in [0.15, 0.2) is 0 Å². The van der Waals surface area contributed by atoms with E-state index in [1.807, 2.05) is 21.1 Å². The standard InChI is InChI=1S/C7H15Cl3NO2.Ba.H2O.2H/c1-11(2,3)4-5-13-6(12)7(8,9)10;;;;/h6,12H,4-5H2,1-3H3;;1H2;;/q+1;;;;. The molecule has 1 unspecified atom stereocenters. The van der Waals surface area contributed by atoms with E-state index < -0.39 is 10.1 Å². The number of hydrogen-bond acceptors (Lipinski definition) is 2. The third-order valence-electron chi connectivity index (χ3n) is 1.32. The minimum absolute atomic E-state index is 0. The molecule has 0 radical (unpaired) electrons. The van der Waals surface area contributed by atoms with E-state index in [9.17, 15) is 0 Å². The van der Waals surface area contributed by atoms with E-state index in [2.05, 4.69) is 0 Å². The van der Waals surface area contributed by atoms with Crippen molar-refractivity contribution in [2.24, 2.45) is 0 Å². The first-order valence-electron chi connectivity index (χ1n) is 3.80. The van der Waals surface area contributed by atoms with E-state index in [1.165, 1.54) is 0 Å². The van der Waals surface area contributed by atoms with Crippen LogP contribution in [0.5, 0.6) is 0 Å². The Hall–Kier alpha value is 2.28. The molecular weight excluding hydrogens is 390 g/mol. The summed E-state index contributed by atoms with van der Waals surface area (Å²) in [5.41, 5.74) is 0. The molecule has 0 aromatic carbocycles. The predicted molar refractivity (Wildman–Crippen MR) is 67.3 cm³/mol. The van der Waals surface area contributed by atoms with E-state index >= 15 is 0 Å². The van der Waals surface area contributed by atoms with Crippen molar-refractivity contribution in [1.82, 2.24) is 0 Å². The molecule has 0 heterocycles. The Morgan fingerprint density at radius 3 is 1.93 bits per heavy atom. The molecule has 0 saturated carbocycles. The van der Waals surface area contributed by atoms with Gasteiger partial charge in [0, 0.05) is 0 Å². The fourth-order valence-corrected chi connectivity index (χ4v) is 0.722. The maximum absolute atomic E-state index is 9.16. The zero-order valence-electron chi connectivity index (χ0n) is 8.43. The molecule has 0 saturated heterocycles. The Labute approximate surface area is 146 Å². The topological polar surface area (TPSA) is 61.0 Å². The van der Waals surface area contributed by atoms with Gasteiger partial charge in [-0.05, 0) is 0 Å². The molecule has 3 N–H and O–H groups in total. The van der Waals surface area contributed by atoms with Crippen molar-refractivity contribution in [3.05, 3.63) is 0 Å². The Morgan fingerprint density at radius 2 is 1.67 bits per heavy atom. The van der Waals surface area contributed by atoms with Gasteiger partial charge < -0.3 is 19.8 Å². The summed E-state index contributed by atoms with van der Waals surface area (Å²) < 4.78 is 3.88. The number of nitrogens with zero attached hydrogens (tertiary/aromatic N) is 1. The van der Waals surface area contributed by atoms with E-state index in [0.717, 1.165) is 11.0 Å². The van der Waals surface area contributed by atoms with Crippen LogP contribution in [-0.4, -0.2) is 108 Å². The van der Waals surface area contributed by atoms with Crippen molar-refractivity contribution in [3.63, 3.8) is 0 Å². The Kier molecular flexibility index (Phi) is 13.8. The van der Waals surface area contributed by atoms with E-state index in [0.29, 0.717) is 6.61 Å². The van der Waals surface area contributed by atoms with Gasteiger partial charge in [0.1, 0.15) is 6.54 Å². The van der Waals surface area contributed by atoms with Gasteiger partial charge in [0.05, 0.1) is 27.7 Å². The van der Waals surface area contributed by atoms with Crippen LogP contribution in [-0.2, 0) is 4.74 Å². The number of aliphatic hydroxyl groups excluding tert-OH is 1. The van der Waals surface area contributed by atoms with E-state index in [1.54, 1.807) is 0 Å². The summed E-state index contributed by atoms with van der Waals surface area (Å²) in [6.07, 6.45) is -1.37. The van der Waals surface area contributed by atoms with Crippen LogP contribution < -0.4 is 0 Å². The molecule has 8 heteroatoms. The summed E-state index contributed by atoms with van der Waals surface area (Å²) in [6, 6.07) is 0. The number of aliphatic hydroxyl groups is 1. The fourth-order valence-electron chi connectivity index (χ4n) is 0.533. The van der Waals surface area contributed by atoms with Gasteiger partial charge in [-0.2, -0.15) is 0 Å². The third kappa shape index (κ3) is 14.2. The summed E-state index contributed by atoms with van der Waals surface area (Å²) in [6.45, 7) is 1.08. The Morgan fingerprint density at radius 1 is 1.27 bits per heavy atom. The van der Waals surface area contributed by atoms with Crippen LogP contribution in [0.1, 0.15) is 0 Å². The molecule has 0 aromatic rings. The van der Waals surface area contributed by atoms with Crippen LogP contribution >= 0.6 is 34.8 Å². The van der Waals surface area contributed by atoms with Gasteiger partial charge in [0.15, 0.2) is 0 Å². The maximum atomic E-state index is 9.16. The van der Waals surface area contributed by atoms with Crippen molar-refractivity contribution in [2.45, 2.75) is 10.1 Å². The Bertz CT molecular complexity index is 161. The molecule has 0 fully saturated rings. The second-order valence-corrected chi connectivity index (χ2v) is 6.15. The van der Waals surface area contributed by atoms with Gasteiger partial charge in [-0.1, -0.05) is 34.8 Å². The van der Waals surface area contributed by atoms with E-state index in [-0.39, 0.29) is 54.4 Å². The molecule has 0 aliphatic carbocycles. The van der Waals surface area contributed by atoms with Gasteiger partial charge in [-0.3, -0.25) is 0 Å².